The van der Waals surface area contributed by atoms with Gasteiger partial charge >= 0.3 is 0 Å². The topological polar surface area (TPSA) is 54.5 Å². The lowest BCUT2D eigenvalue weighted by Crippen LogP contribution is -2.49. The summed E-state index contributed by atoms with van der Waals surface area (Å²) in [6.45, 7) is 5.15. The number of ether oxygens (including phenoxy) is 1. The van der Waals surface area contributed by atoms with Gasteiger partial charge in [0.2, 0.25) is 5.91 Å². The van der Waals surface area contributed by atoms with Gasteiger partial charge in [-0.05, 0) is 19.1 Å². The zero-order valence-corrected chi connectivity index (χ0v) is 10.6. The number of rotatable bonds is 4. The molecule has 18 heavy (non-hydrogen) atoms. The van der Waals surface area contributed by atoms with Gasteiger partial charge in [-0.3, -0.25) is 9.78 Å². The van der Waals surface area contributed by atoms with Crippen LogP contribution in [-0.4, -0.2) is 48.1 Å². The molecule has 0 saturated carbocycles. The lowest BCUT2D eigenvalue weighted by atomic mass is 10.2. The maximum absolute atomic E-state index is 12.1. The molecule has 1 amide bonds. The molecule has 0 bridgehead atoms. The Hall–Kier alpha value is -1.46. The molecule has 1 atom stereocenters. The molecule has 1 aromatic heterocycles. The van der Waals surface area contributed by atoms with Crippen molar-refractivity contribution in [1.82, 2.24) is 15.2 Å². The standard InChI is InChI=1S/C13H19N3O2/c1-11(13(17)16-6-8-18-9-7-16)15-10-12-4-2-3-5-14-12/h2-5,11,15H,6-10H2,1H3. The van der Waals surface area contributed by atoms with Gasteiger partial charge in [0.1, 0.15) is 0 Å². The van der Waals surface area contributed by atoms with Gasteiger partial charge in [0.05, 0.1) is 24.9 Å². The minimum Gasteiger partial charge on any atom is -0.378 e. The van der Waals surface area contributed by atoms with Crippen molar-refractivity contribution in [2.24, 2.45) is 0 Å². The molecule has 0 spiro atoms. The molecule has 1 aromatic rings. The molecule has 1 N–H and O–H groups in total. The number of aromatic nitrogens is 1. The Kier molecular flexibility index (Phi) is 4.66. The van der Waals surface area contributed by atoms with Crippen LogP contribution in [0, 0.1) is 0 Å². The molecule has 0 aliphatic carbocycles. The highest BCUT2D eigenvalue weighted by atomic mass is 16.5. The van der Waals surface area contributed by atoms with E-state index in [0.29, 0.717) is 32.8 Å². The fraction of sp³-hybridized carbons (Fsp3) is 0.538. The largest absolute Gasteiger partial charge is 0.378 e. The number of carbonyl (C=O) groups excluding carboxylic acids is 1. The van der Waals surface area contributed by atoms with Gasteiger partial charge in [-0.15, -0.1) is 0 Å². The van der Waals surface area contributed by atoms with Crippen molar-refractivity contribution in [3.05, 3.63) is 30.1 Å². The zero-order valence-electron chi connectivity index (χ0n) is 10.6. The first kappa shape index (κ1) is 13.0. The van der Waals surface area contributed by atoms with Gasteiger partial charge in [0.25, 0.3) is 0 Å². The van der Waals surface area contributed by atoms with E-state index in [9.17, 15) is 4.79 Å². The fourth-order valence-electron chi connectivity index (χ4n) is 1.91. The highest BCUT2D eigenvalue weighted by Gasteiger charge is 2.21. The SMILES string of the molecule is CC(NCc1ccccn1)C(=O)N1CCOCC1. The molecule has 98 valence electrons. The highest BCUT2D eigenvalue weighted by Crippen LogP contribution is 2.01. The number of carbonyl (C=O) groups is 1. The molecule has 1 aliphatic rings. The van der Waals surface area contributed by atoms with E-state index in [-0.39, 0.29) is 11.9 Å². The Bertz CT molecular complexity index is 377. The van der Waals surface area contributed by atoms with E-state index in [1.54, 1.807) is 6.20 Å². The number of amides is 1. The Morgan fingerprint density at radius 3 is 2.94 bits per heavy atom. The molecular formula is C13H19N3O2. The molecule has 1 fully saturated rings. The van der Waals surface area contributed by atoms with Crippen molar-refractivity contribution < 1.29 is 9.53 Å². The molecule has 1 unspecified atom stereocenters. The number of hydrogen-bond donors (Lipinski definition) is 1. The third-order valence-corrected chi connectivity index (χ3v) is 3.01. The average molecular weight is 249 g/mol. The average Bonchev–Trinajstić information content (AvgIpc) is 2.46. The van der Waals surface area contributed by atoms with Crippen molar-refractivity contribution in [2.75, 3.05) is 26.3 Å². The van der Waals surface area contributed by atoms with Crippen molar-refractivity contribution in [3.8, 4) is 0 Å². The Labute approximate surface area is 107 Å². The fourth-order valence-corrected chi connectivity index (χ4v) is 1.91. The second-order valence-corrected chi connectivity index (χ2v) is 4.36. The van der Waals surface area contributed by atoms with Crippen molar-refractivity contribution in [1.29, 1.82) is 0 Å². The summed E-state index contributed by atoms with van der Waals surface area (Å²) in [7, 11) is 0. The highest BCUT2D eigenvalue weighted by molar-refractivity contribution is 5.81. The van der Waals surface area contributed by atoms with Crippen molar-refractivity contribution >= 4 is 5.91 Å². The first-order chi connectivity index (χ1) is 8.77. The summed E-state index contributed by atoms with van der Waals surface area (Å²) in [6.07, 6.45) is 1.76. The minimum absolute atomic E-state index is 0.134. The Morgan fingerprint density at radius 2 is 2.28 bits per heavy atom. The summed E-state index contributed by atoms with van der Waals surface area (Å²) < 4.78 is 5.23. The summed E-state index contributed by atoms with van der Waals surface area (Å²) in [5.41, 5.74) is 0.944. The Morgan fingerprint density at radius 1 is 1.50 bits per heavy atom. The van der Waals surface area contributed by atoms with Crippen LogP contribution < -0.4 is 5.32 Å². The van der Waals surface area contributed by atoms with Crippen LogP contribution >= 0.6 is 0 Å². The number of morpholine rings is 1. The number of hydrogen-bond acceptors (Lipinski definition) is 4. The molecule has 5 heteroatoms. The van der Waals surface area contributed by atoms with E-state index >= 15 is 0 Å². The lowest BCUT2D eigenvalue weighted by Gasteiger charge is -2.29. The third-order valence-electron chi connectivity index (χ3n) is 3.01. The van der Waals surface area contributed by atoms with Gasteiger partial charge in [-0.2, -0.15) is 0 Å². The van der Waals surface area contributed by atoms with Gasteiger partial charge in [-0.25, -0.2) is 0 Å². The maximum atomic E-state index is 12.1. The third kappa shape index (κ3) is 3.51. The monoisotopic (exact) mass is 249 g/mol. The molecule has 1 saturated heterocycles. The quantitative estimate of drug-likeness (QED) is 0.840. The number of nitrogens with zero attached hydrogens (tertiary/aromatic N) is 2. The summed E-state index contributed by atoms with van der Waals surface area (Å²) >= 11 is 0. The van der Waals surface area contributed by atoms with Crippen LogP contribution in [0.2, 0.25) is 0 Å². The van der Waals surface area contributed by atoms with Gasteiger partial charge in [-0.1, -0.05) is 6.07 Å². The van der Waals surface area contributed by atoms with E-state index in [1.807, 2.05) is 30.0 Å². The van der Waals surface area contributed by atoms with Gasteiger partial charge < -0.3 is 15.0 Å². The summed E-state index contributed by atoms with van der Waals surface area (Å²) in [4.78, 5) is 18.2. The second kappa shape index (κ2) is 6.47. The predicted molar refractivity (Wildman–Crippen MR) is 67.9 cm³/mol. The van der Waals surface area contributed by atoms with E-state index in [1.165, 1.54) is 0 Å². The molecule has 0 aromatic carbocycles. The number of pyridine rings is 1. The normalized spacial score (nSPS) is 17.5. The van der Waals surface area contributed by atoms with E-state index < -0.39 is 0 Å². The van der Waals surface area contributed by atoms with Crippen LogP contribution in [0.5, 0.6) is 0 Å². The summed E-state index contributed by atoms with van der Waals surface area (Å²) in [5.74, 6) is 0.134. The zero-order chi connectivity index (χ0) is 12.8. The van der Waals surface area contributed by atoms with Crippen molar-refractivity contribution in [3.63, 3.8) is 0 Å². The van der Waals surface area contributed by atoms with Gasteiger partial charge in [0.15, 0.2) is 0 Å². The van der Waals surface area contributed by atoms with E-state index in [0.717, 1.165) is 5.69 Å². The first-order valence-corrected chi connectivity index (χ1v) is 6.27. The first-order valence-electron chi connectivity index (χ1n) is 6.27. The molecule has 2 rings (SSSR count). The molecular weight excluding hydrogens is 230 g/mol. The smallest absolute Gasteiger partial charge is 0.239 e. The summed E-state index contributed by atoms with van der Waals surface area (Å²) in [6, 6.07) is 5.58. The lowest BCUT2D eigenvalue weighted by molar-refractivity contribution is -0.137. The van der Waals surface area contributed by atoms with Crippen LogP contribution in [-0.2, 0) is 16.1 Å². The predicted octanol–water partition coefficient (Wildman–Crippen LogP) is 0.418. The Balaban J connectivity index is 1.80. The van der Waals surface area contributed by atoms with Crippen LogP contribution in [0.4, 0.5) is 0 Å². The molecule has 1 aliphatic heterocycles. The van der Waals surface area contributed by atoms with Crippen LogP contribution in [0.25, 0.3) is 0 Å². The van der Waals surface area contributed by atoms with Crippen molar-refractivity contribution in [2.45, 2.75) is 19.5 Å². The minimum atomic E-state index is -0.190. The second-order valence-electron chi connectivity index (χ2n) is 4.36. The summed E-state index contributed by atoms with van der Waals surface area (Å²) in [5, 5.41) is 3.20. The van der Waals surface area contributed by atoms with Gasteiger partial charge in [0, 0.05) is 25.8 Å². The molecule has 2 heterocycles. The van der Waals surface area contributed by atoms with E-state index in [2.05, 4.69) is 10.3 Å². The van der Waals surface area contributed by atoms with Crippen LogP contribution in [0.1, 0.15) is 12.6 Å². The molecule has 0 radical (unpaired) electrons. The molecule has 5 nitrogen and oxygen atoms in total. The number of nitrogens with one attached hydrogen (secondary N) is 1. The van der Waals surface area contributed by atoms with Crippen LogP contribution in [0.15, 0.2) is 24.4 Å². The van der Waals surface area contributed by atoms with E-state index in [4.69, 9.17) is 4.74 Å². The van der Waals surface area contributed by atoms with Crippen LogP contribution in [0.3, 0.4) is 0 Å². The maximum Gasteiger partial charge on any atom is 0.239 e.